The Labute approximate surface area is 73.2 Å². The normalized spacial score (nSPS) is 11.9. The molecular weight excluding hydrogens is 148 g/mol. The van der Waals surface area contributed by atoms with Gasteiger partial charge in [0.15, 0.2) is 0 Å². The second-order valence-electron chi connectivity index (χ2n) is 2.60. The molecule has 0 amide bonds. The monoisotopic (exact) mass is 162 g/mol. The molecule has 1 rings (SSSR count). The number of imidazole rings is 1. The van der Waals surface area contributed by atoms with E-state index in [2.05, 4.69) is 11.1 Å². The minimum Gasteiger partial charge on any atom is -0.306 e. The van der Waals surface area contributed by atoms with E-state index in [9.17, 15) is 0 Å². The number of aryl methyl sites for hydroxylation is 1. The summed E-state index contributed by atoms with van der Waals surface area (Å²) in [6, 6.07) is 0. The van der Waals surface area contributed by atoms with E-state index in [4.69, 9.17) is 0 Å². The van der Waals surface area contributed by atoms with Crippen LogP contribution in [0.15, 0.2) is 18.5 Å². The summed E-state index contributed by atoms with van der Waals surface area (Å²) in [6.45, 7) is 6.01. The van der Waals surface area contributed by atoms with Crippen LogP contribution in [0.5, 0.6) is 0 Å². The molecule has 1 aromatic heterocycles. The summed E-state index contributed by atoms with van der Waals surface area (Å²) in [7, 11) is 0. The van der Waals surface area contributed by atoms with Crippen LogP contribution in [0.3, 0.4) is 0 Å². The topological polar surface area (TPSA) is 17.8 Å². The van der Waals surface area contributed by atoms with E-state index < -0.39 is 0 Å². The van der Waals surface area contributed by atoms with Gasteiger partial charge in [-0.05, 0) is 26.8 Å². The number of hydrogen-bond acceptors (Lipinski definition) is 1. The van der Waals surface area contributed by atoms with E-state index >= 15 is 0 Å². The maximum absolute atomic E-state index is 4.21. The molecular formula is C10H14N2. The van der Waals surface area contributed by atoms with Crippen molar-refractivity contribution < 1.29 is 0 Å². The van der Waals surface area contributed by atoms with Crippen LogP contribution in [0.1, 0.15) is 25.2 Å². The summed E-state index contributed by atoms with van der Waals surface area (Å²) in [6.07, 6.45) is 9.89. The lowest BCUT2D eigenvalue weighted by atomic mass is 10.3. The van der Waals surface area contributed by atoms with Crippen molar-refractivity contribution in [2.45, 2.75) is 20.8 Å². The van der Waals surface area contributed by atoms with Crippen LogP contribution in [0.2, 0.25) is 0 Å². The van der Waals surface area contributed by atoms with Crippen LogP contribution in [0, 0.1) is 6.92 Å². The van der Waals surface area contributed by atoms with Gasteiger partial charge in [0.2, 0.25) is 0 Å². The van der Waals surface area contributed by atoms with Crippen molar-refractivity contribution in [3.8, 4) is 0 Å². The first-order valence-electron chi connectivity index (χ1n) is 4.08. The first-order chi connectivity index (χ1) is 5.79. The highest BCUT2D eigenvalue weighted by molar-refractivity contribution is 5.51. The van der Waals surface area contributed by atoms with Crippen LogP contribution in [0.25, 0.3) is 12.3 Å². The van der Waals surface area contributed by atoms with Crippen molar-refractivity contribution in [2.24, 2.45) is 0 Å². The zero-order valence-corrected chi connectivity index (χ0v) is 7.78. The number of aromatic nitrogens is 2. The van der Waals surface area contributed by atoms with E-state index in [1.54, 1.807) is 0 Å². The predicted molar refractivity (Wildman–Crippen MR) is 52.7 cm³/mol. The SMILES string of the molecule is C/C=C\c1c(C)ncn1/C=C\C. The van der Waals surface area contributed by atoms with Crippen molar-refractivity contribution in [1.29, 1.82) is 0 Å². The minimum atomic E-state index is 1.06. The molecule has 0 atom stereocenters. The number of nitrogens with zero attached hydrogens (tertiary/aromatic N) is 2. The average Bonchev–Trinajstić information content (AvgIpc) is 2.37. The Morgan fingerprint density at radius 2 is 2.08 bits per heavy atom. The zero-order valence-electron chi connectivity index (χ0n) is 7.78. The largest absolute Gasteiger partial charge is 0.306 e. The van der Waals surface area contributed by atoms with E-state index in [1.807, 2.05) is 50.0 Å². The molecule has 0 radical (unpaired) electrons. The summed E-state index contributed by atoms with van der Waals surface area (Å²) in [5.74, 6) is 0. The van der Waals surface area contributed by atoms with Gasteiger partial charge in [-0.1, -0.05) is 12.2 Å². The van der Waals surface area contributed by atoms with E-state index in [1.165, 1.54) is 0 Å². The predicted octanol–water partition coefficient (Wildman–Crippen LogP) is 2.72. The molecule has 0 unspecified atom stereocenters. The van der Waals surface area contributed by atoms with Gasteiger partial charge in [-0.25, -0.2) is 4.98 Å². The Morgan fingerprint density at radius 1 is 1.33 bits per heavy atom. The molecule has 0 fully saturated rings. The second kappa shape index (κ2) is 3.90. The molecule has 0 aliphatic carbocycles. The van der Waals surface area contributed by atoms with E-state index in [-0.39, 0.29) is 0 Å². The van der Waals surface area contributed by atoms with Crippen molar-refractivity contribution in [2.75, 3.05) is 0 Å². The van der Waals surface area contributed by atoms with Gasteiger partial charge in [-0.15, -0.1) is 0 Å². The van der Waals surface area contributed by atoms with Crippen LogP contribution in [-0.2, 0) is 0 Å². The molecule has 0 aromatic carbocycles. The first kappa shape index (κ1) is 8.78. The Balaban J connectivity index is 3.12. The fourth-order valence-corrected chi connectivity index (χ4v) is 1.11. The maximum Gasteiger partial charge on any atom is 0.0995 e. The van der Waals surface area contributed by atoms with Crippen LogP contribution < -0.4 is 0 Å². The molecule has 2 heteroatoms. The van der Waals surface area contributed by atoms with Gasteiger partial charge in [-0.2, -0.15) is 0 Å². The van der Waals surface area contributed by atoms with Crippen molar-refractivity contribution in [3.05, 3.63) is 29.9 Å². The average molecular weight is 162 g/mol. The summed E-state index contributed by atoms with van der Waals surface area (Å²) in [5, 5.41) is 0. The van der Waals surface area contributed by atoms with Crippen LogP contribution in [0.4, 0.5) is 0 Å². The summed E-state index contributed by atoms with van der Waals surface area (Å²) < 4.78 is 2.01. The molecule has 0 saturated heterocycles. The van der Waals surface area contributed by atoms with Crippen LogP contribution in [-0.4, -0.2) is 9.55 Å². The summed E-state index contributed by atoms with van der Waals surface area (Å²) in [5.41, 5.74) is 2.21. The quantitative estimate of drug-likeness (QED) is 0.653. The van der Waals surface area contributed by atoms with Gasteiger partial charge in [-0.3, -0.25) is 0 Å². The van der Waals surface area contributed by atoms with Crippen molar-refractivity contribution >= 4 is 12.3 Å². The van der Waals surface area contributed by atoms with Gasteiger partial charge in [0.25, 0.3) is 0 Å². The van der Waals surface area contributed by atoms with E-state index in [0.29, 0.717) is 0 Å². The lowest BCUT2D eigenvalue weighted by molar-refractivity contribution is 1.12. The Hall–Kier alpha value is -1.31. The van der Waals surface area contributed by atoms with Gasteiger partial charge < -0.3 is 4.57 Å². The molecule has 0 bridgehead atoms. The third kappa shape index (κ3) is 1.64. The van der Waals surface area contributed by atoms with Crippen molar-refractivity contribution in [3.63, 3.8) is 0 Å². The minimum absolute atomic E-state index is 1.06. The summed E-state index contributed by atoms with van der Waals surface area (Å²) in [4.78, 5) is 4.21. The van der Waals surface area contributed by atoms with Gasteiger partial charge in [0, 0.05) is 6.20 Å². The molecule has 2 nitrogen and oxygen atoms in total. The van der Waals surface area contributed by atoms with Gasteiger partial charge >= 0.3 is 0 Å². The smallest absolute Gasteiger partial charge is 0.0995 e. The molecule has 1 aromatic rings. The first-order valence-corrected chi connectivity index (χ1v) is 4.08. The van der Waals surface area contributed by atoms with E-state index in [0.717, 1.165) is 11.4 Å². The molecule has 0 aliphatic rings. The molecule has 64 valence electrons. The number of allylic oxidation sites excluding steroid dienone is 2. The summed E-state index contributed by atoms with van der Waals surface area (Å²) >= 11 is 0. The lowest BCUT2D eigenvalue weighted by Gasteiger charge is -1.96. The Kier molecular flexibility index (Phi) is 2.86. The van der Waals surface area contributed by atoms with Gasteiger partial charge in [0.05, 0.1) is 17.7 Å². The third-order valence-electron chi connectivity index (χ3n) is 1.66. The molecule has 0 saturated carbocycles. The molecule has 12 heavy (non-hydrogen) atoms. The maximum atomic E-state index is 4.21. The third-order valence-corrected chi connectivity index (χ3v) is 1.66. The molecule has 0 aliphatic heterocycles. The number of rotatable bonds is 2. The second-order valence-corrected chi connectivity index (χ2v) is 2.60. The highest BCUT2D eigenvalue weighted by Gasteiger charge is 1.99. The standard InChI is InChI=1S/C10H14N2/c1-4-6-10-9(3)11-8-12(10)7-5-2/h4-8H,1-3H3/b6-4-,7-5-. The molecule has 0 spiro atoms. The Bertz CT molecular complexity index is 306. The zero-order chi connectivity index (χ0) is 8.97. The molecule has 1 heterocycles. The fraction of sp³-hybridized carbons (Fsp3) is 0.300. The lowest BCUT2D eigenvalue weighted by Crippen LogP contribution is -1.87. The van der Waals surface area contributed by atoms with Gasteiger partial charge in [0.1, 0.15) is 0 Å². The number of hydrogen-bond donors (Lipinski definition) is 0. The highest BCUT2D eigenvalue weighted by atomic mass is 15.0. The Morgan fingerprint density at radius 3 is 2.67 bits per heavy atom. The fourth-order valence-electron chi connectivity index (χ4n) is 1.11. The van der Waals surface area contributed by atoms with Crippen LogP contribution >= 0.6 is 0 Å². The molecule has 0 N–H and O–H groups in total. The highest BCUT2D eigenvalue weighted by Crippen LogP contribution is 2.08. The van der Waals surface area contributed by atoms with Crippen molar-refractivity contribution in [1.82, 2.24) is 9.55 Å².